The van der Waals surface area contributed by atoms with Gasteiger partial charge in [0.15, 0.2) is 0 Å². The van der Waals surface area contributed by atoms with Crippen LogP contribution in [0.3, 0.4) is 0 Å². The van der Waals surface area contributed by atoms with Crippen molar-refractivity contribution in [3.05, 3.63) is 53.4 Å². The van der Waals surface area contributed by atoms with Crippen LogP contribution in [0.5, 0.6) is 0 Å². The molecule has 182 valence electrons. The molecule has 1 fully saturated rings. The molecular formula is C25H37N3O3S2. The lowest BCUT2D eigenvalue weighted by atomic mass is 10.0. The summed E-state index contributed by atoms with van der Waals surface area (Å²) < 4.78 is 28.8. The van der Waals surface area contributed by atoms with Crippen molar-refractivity contribution in [2.24, 2.45) is 5.92 Å². The highest BCUT2D eigenvalue weighted by Gasteiger charge is 2.33. The van der Waals surface area contributed by atoms with Crippen LogP contribution < -0.4 is 10.0 Å². The molecule has 3 rings (SSSR count). The van der Waals surface area contributed by atoms with Crippen LogP contribution in [0.2, 0.25) is 0 Å². The number of thiophene rings is 1. The molecule has 0 saturated carbocycles. The molecule has 0 bridgehead atoms. The predicted octanol–water partition coefficient (Wildman–Crippen LogP) is 4.04. The van der Waals surface area contributed by atoms with E-state index in [1.165, 1.54) is 16.9 Å². The number of aryl methyl sites for hydroxylation is 1. The molecule has 33 heavy (non-hydrogen) atoms. The quantitative estimate of drug-likeness (QED) is 0.415. The summed E-state index contributed by atoms with van der Waals surface area (Å²) in [7, 11) is -3.54. The zero-order valence-electron chi connectivity index (χ0n) is 19.7. The molecule has 1 amide bonds. The normalized spacial score (nSPS) is 18.0. The van der Waals surface area contributed by atoms with Crippen molar-refractivity contribution in [3.8, 4) is 0 Å². The van der Waals surface area contributed by atoms with E-state index in [9.17, 15) is 13.2 Å². The fourth-order valence-electron chi connectivity index (χ4n) is 4.48. The molecule has 1 aliphatic rings. The van der Waals surface area contributed by atoms with Gasteiger partial charge in [-0.15, -0.1) is 11.3 Å². The number of carbonyl (C=O) groups is 1. The number of benzene rings is 1. The largest absolute Gasteiger partial charge is 0.355 e. The van der Waals surface area contributed by atoms with Crippen LogP contribution in [0.25, 0.3) is 0 Å². The van der Waals surface area contributed by atoms with Crippen molar-refractivity contribution in [1.29, 1.82) is 0 Å². The summed E-state index contributed by atoms with van der Waals surface area (Å²) in [5, 5.41) is 4.88. The third-order valence-electron chi connectivity index (χ3n) is 5.99. The Morgan fingerprint density at radius 1 is 1.15 bits per heavy atom. The number of carbonyl (C=O) groups excluding carboxylic acids is 1. The fourth-order valence-corrected chi connectivity index (χ4v) is 6.73. The lowest BCUT2D eigenvalue weighted by Crippen LogP contribution is -2.50. The number of sulfonamides is 1. The van der Waals surface area contributed by atoms with Crippen LogP contribution in [-0.2, 0) is 21.2 Å². The number of likely N-dealkylation sites (tertiary alicyclic amines) is 1. The first-order valence-electron chi connectivity index (χ1n) is 12.0. The summed E-state index contributed by atoms with van der Waals surface area (Å²) in [6, 6.07) is 13.4. The van der Waals surface area contributed by atoms with E-state index >= 15 is 0 Å². The van der Waals surface area contributed by atoms with Crippen LogP contribution in [0.1, 0.15) is 51.5 Å². The predicted molar refractivity (Wildman–Crippen MR) is 135 cm³/mol. The molecule has 0 radical (unpaired) electrons. The van der Waals surface area contributed by atoms with Gasteiger partial charge in [-0.25, -0.2) is 13.1 Å². The van der Waals surface area contributed by atoms with E-state index in [4.69, 9.17) is 0 Å². The molecule has 0 aliphatic carbocycles. The van der Waals surface area contributed by atoms with Gasteiger partial charge in [0.25, 0.3) is 0 Å². The summed E-state index contributed by atoms with van der Waals surface area (Å²) in [5.74, 6) is 0.414. The van der Waals surface area contributed by atoms with E-state index in [2.05, 4.69) is 53.1 Å². The summed E-state index contributed by atoms with van der Waals surface area (Å²) in [5.41, 5.74) is 1.33. The fraction of sp³-hybridized carbons (Fsp3) is 0.560. The lowest BCUT2D eigenvalue weighted by molar-refractivity contribution is -0.125. The van der Waals surface area contributed by atoms with Crippen molar-refractivity contribution in [3.63, 3.8) is 0 Å². The second-order valence-corrected chi connectivity index (χ2v) is 12.2. The Morgan fingerprint density at radius 3 is 2.64 bits per heavy atom. The van der Waals surface area contributed by atoms with Gasteiger partial charge in [-0.3, -0.25) is 9.69 Å². The van der Waals surface area contributed by atoms with Gasteiger partial charge in [-0.2, -0.15) is 0 Å². The summed E-state index contributed by atoms with van der Waals surface area (Å²) in [6.45, 7) is 6.23. The van der Waals surface area contributed by atoms with E-state index in [-0.39, 0.29) is 18.0 Å². The molecule has 2 N–H and O–H groups in total. The second-order valence-electron chi connectivity index (χ2n) is 9.27. The maximum absolute atomic E-state index is 12.9. The van der Waals surface area contributed by atoms with E-state index in [1.807, 2.05) is 6.07 Å². The Bertz CT molecular complexity index is 947. The van der Waals surface area contributed by atoms with Gasteiger partial charge < -0.3 is 5.32 Å². The zero-order chi connectivity index (χ0) is 23.7. The van der Waals surface area contributed by atoms with Crippen LogP contribution in [0, 0.1) is 5.92 Å². The summed E-state index contributed by atoms with van der Waals surface area (Å²) in [6.07, 6.45) is 5.52. The SMILES string of the molecule is CC(C)CC(CN1CCC[C@H]1C(=O)NCCCCc1ccccc1)NS(=O)(=O)c1cccs1. The van der Waals surface area contributed by atoms with Crippen molar-refractivity contribution in [2.45, 2.75) is 68.7 Å². The second kappa shape index (κ2) is 12.6. The monoisotopic (exact) mass is 491 g/mol. The van der Waals surface area contributed by atoms with Crippen LogP contribution in [0.4, 0.5) is 0 Å². The van der Waals surface area contributed by atoms with Gasteiger partial charge in [-0.05, 0) is 68.0 Å². The molecule has 8 heteroatoms. The molecule has 2 aromatic rings. The highest BCUT2D eigenvalue weighted by Crippen LogP contribution is 2.21. The van der Waals surface area contributed by atoms with Gasteiger partial charge in [-0.1, -0.05) is 50.2 Å². The van der Waals surface area contributed by atoms with Gasteiger partial charge in [0.2, 0.25) is 15.9 Å². The van der Waals surface area contributed by atoms with E-state index in [0.29, 0.717) is 23.2 Å². The number of hydrogen-bond donors (Lipinski definition) is 2. The summed E-state index contributed by atoms with van der Waals surface area (Å²) >= 11 is 1.22. The minimum atomic E-state index is -3.54. The topological polar surface area (TPSA) is 78.5 Å². The van der Waals surface area contributed by atoms with Crippen molar-refractivity contribution in [2.75, 3.05) is 19.6 Å². The summed E-state index contributed by atoms with van der Waals surface area (Å²) in [4.78, 5) is 15.0. The van der Waals surface area contributed by atoms with Crippen LogP contribution in [-0.4, -0.2) is 50.9 Å². The number of amides is 1. The highest BCUT2D eigenvalue weighted by molar-refractivity contribution is 7.91. The molecule has 6 nitrogen and oxygen atoms in total. The first-order chi connectivity index (χ1) is 15.8. The number of hydrogen-bond acceptors (Lipinski definition) is 5. The molecule has 2 heterocycles. The molecular weight excluding hydrogens is 454 g/mol. The standard InChI is InChI=1S/C25H37N3O3S2/c1-20(2)18-22(27-33(30,31)24-14-9-17-32-24)19-28-16-8-13-23(28)25(29)26-15-7-6-12-21-10-4-3-5-11-21/h3-5,9-11,14,17,20,22-23,27H,6-8,12-13,15-16,18-19H2,1-2H3,(H,26,29)/t22?,23-/m0/s1. The molecule has 1 aromatic heterocycles. The smallest absolute Gasteiger partial charge is 0.250 e. The van der Waals surface area contributed by atoms with Gasteiger partial charge in [0.05, 0.1) is 6.04 Å². The number of nitrogens with zero attached hydrogens (tertiary/aromatic N) is 1. The van der Waals surface area contributed by atoms with Gasteiger partial charge >= 0.3 is 0 Å². The zero-order valence-corrected chi connectivity index (χ0v) is 21.3. The first kappa shape index (κ1) is 25.9. The molecule has 1 aliphatic heterocycles. The minimum Gasteiger partial charge on any atom is -0.355 e. The first-order valence-corrected chi connectivity index (χ1v) is 14.3. The van der Waals surface area contributed by atoms with Crippen LogP contribution in [0.15, 0.2) is 52.1 Å². The average molecular weight is 492 g/mol. The number of nitrogens with one attached hydrogen (secondary N) is 2. The Balaban J connectivity index is 1.49. The van der Waals surface area contributed by atoms with E-state index in [1.54, 1.807) is 17.5 Å². The Labute approximate surface area is 202 Å². The number of rotatable bonds is 13. The molecule has 0 spiro atoms. The molecule has 1 aromatic carbocycles. The maximum atomic E-state index is 12.9. The average Bonchev–Trinajstić information content (AvgIpc) is 3.46. The van der Waals surface area contributed by atoms with E-state index < -0.39 is 10.0 Å². The lowest BCUT2D eigenvalue weighted by Gasteiger charge is -2.29. The molecule has 1 unspecified atom stereocenters. The van der Waals surface area contributed by atoms with Crippen molar-refractivity contribution in [1.82, 2.24) is 14.9 Å². The van der Waals surface area contributed by atoms with Gasteiger partial charge in [0, 0.05) is 19.1 Å². The van der Waals surface area contributed by atoms with Crippen LogP contribution >= 0.6 is 11.3 Å². The van der Waals surface area contributed by atoms with Gasteiger partial charge in [0.1, 0.15) is 4.21 Å². The number of unbranched alkanes of at least 4 members (excludes halogenated alkanes) is 1. The highest BCUT2D eigenvalue weighted by atomic mass is 32.2. The third kappa shape index (κ3) is 8.21. The maximum Gasteiger partial charge on any atom is 0.250 e. The minimum absolute atomic E-state index is 0.0663. The van der Waals surface area contributed by atoms with Crippen molar-refractivity contribution < 1.29 is 13.2 Å². The third-order valence-corrected chi connectivity index (χ3v) is 8.91. The Morgan fingerprint density at radius 2 is 1.94 bits per heavy atom. The molecule has 1 saturated heterocycles. The van der Waals surface area contributed by atoms with Crippen molar-refractivity contribution >= 4 is 27.3 Å². The molecule has 2 atom stereocenters. The Kier molecular flexibility index (Phi) is 9.92. The van der Waals surface area contributed by atoms with E-state index in [0.717, 1.165) is 45.1 Å². The Hall–Kier alpha value is -1.74.